The smallest absolute Gasteiger partial charge is 0.298 e. The molecule has 2 heterocycles. The van der Waals surface area contributed by atoms with Crippen molar-refractivity contribution in [1.82, 2.24) is 5.01 Å². The number of nitrogens with zero attached hydrogens (tertiary/aromatic N) is 3. The predicted molar refractivity (Wildman–Crippen MR) is 121 cm³/mol. The van der Waals surface area contributed by atoms with E-state index in [2.05, 4.69) is 15.4 Å². The van der Waals surface area contributed by atoms with Crippen molar-refractivity contribution in [3.63, 3.8) is 0 Å². The SMILES string of the molecule is O=C1Nc2ccccc2C1=NN1C(=O)C(=Cc2ccccc2Cl)N=C1c1ccccc1. The molecule has 0 aromatic heterocycles. The highest BCUT2D eigenvalue weighted by Crippen LogP contribution is 2.28. The van der Waals surface area contributed by atoms with E-state index in [1.807, 2.05) is 54.6 Å². The first-order valence-electron chi connectivity index (χ1n) is 9.56. The number of benzene rings is 3. The van der Waals surface area contributed by atoms with Crippen molar-refractivity contribution in [3.8, 4) is 0 Å². The highest BCUT2D eigenvalue weighted by Gasteiger charge is 2.34. The number of amidine groups is 1. The number of amides is 2. The number of carbonyl (C=O) groups is 2. The molecule has 3 aromatic rings. The Morgan fingerprint density at radius 3 is 2.42 bits per heavy atom. The molecular weight excluding hydrogens is 412 g/mol. The van der Waals surface area contributed by atoms with Gasteiger partial charge in [0.25, 0.3) is 11.8 Å². The van der Waals surface area contributed by atoms with Crippen molar-refractivity contribution in [2.45, 2.75) is 0 Å². The Hall–Kier alpha value is -4.03. The lowest BCUT2D eigenvalue weighted by Gasteiger charge is -2.13. The molecule has 0 aliphatic carbocycles. The molecule has 0 saturated heterocycles. The number of hydrazone groups is 1. The zero-order valence-corrected chi connectivity index (χ0v) is 16.9. The molecule has 0 spiro atoms. The van der Waals surface area contributed by atoms with Gasteiger partial charge in [-0.15, -0.1) is 0 Å². The summed E-state index contributed by atoms with van der Waals surface area (Å²) in [6.45, 7) is 0. The van der Waals surface area contributed by atoms with Crippen LogP contribution < -0.4 is 5.32 Å². The van der Waals surface area contributed by atoms with Crippen molar-refractivity contribution in [2.75, 3.05) is 5.32 Å². The van der Waals surface area contributed by atoms with Crippen LogP contribution in [0.15, 0.2) is 94.7 Å². The summed E-state index contributed by atoms with van der Waals surface area (Å²) in [6.07, 6.45) is 1.62. The Kier molecular flexibility index (Phi) is 4.69. The minimum atomic E-state index is -0.441. The number of aliphatic imine (C=N–C) groups is 1. The van der Waals surface area contributed by atoms with Gasteiger partial charge in [-0.25, -0.2) is 4.99 Å². The fraction of sp³-hybridized carbons (Fsp3) is 0. The summed E-state index contributed by atoms with van der Waals surface area (Å²) in [7, 11) is 0. The lowest BCUT2D eigenvalue weighted by Crippen LogP contribution is -2.30. The number of anilines is 1. The van der Waals surface area contributed by atoms with Crippen LogP contribution in [0.25, 0.3) is 6.08 Å². The third-order valence-electron chi connectivity index (χ3n) is 4.91. The lowest BCUT2D eigenvalue weighted by atomic mass is 10.1. The number of fused-ring (bicyclic) bond motifs is 1. The van der Waals surface area contributed by atoms with Crippen LogP contribution in [-0.2, 0) is 9.59 Å². The zero-order chi connectivity index (χ0) is 21.4. The van der Waals surface area contributed by atoms with Crippen molar-refractivity contribution in [1.29, 1.82) is 0 Å². The topological polar surface area (TPSA) is 74.1 Å². The average molecular weight is 427 g/mol. The maximum Gasteiger partial charge on any atom is 0.298 e. The lowest BCUT2D eigenvalue weighted by molar-refractivity contribution is -0.122. The maximum absolute atomic E-state index is 13.3. The van der Waals surface area contributed by atoms with Crippen LogP contribution in [-0.4, -0.2) is 28.4 Å². The Morgan fingerprint density at radius 2 is 1.61 bits per heavy atom. The fourth-order valence-electron chi connectivity index (χ4n) is 3.42. The summed E-state index contributed by atoms with van der Waals surface area (Å²) in [5.41, 5.74) is 3.00. The quantitative estimate of drug-likeness (QED) is 0.633. The van der Waals surface area contributed by atoms with Crippen LogP contribution in [0.3, 0.4) is 0 Å². The van der Waals surface area contributed by atoms with Gasteiger partial charge in [0.05, 0.1) is 5.69 Å². The number of nitrogens with one attached hydrogen (secondary N) is 1. The molecule has 0 bridgehead atoms. The van der Waals surface area contributed by atoms with E-state index in [9.17, 15) is 9.59 Å². The molecule has 3 aromatic carbocycles. The minimum Gasteiger partial charge on any atom is -0.320 e. The van der Waals surface area contributed by atoms with E-state index in [1.165, 1.54) is 5.01 Å². The van der Waals surface area contributed by atoms with E-state index in [1.54, 1.807) is 30.3 Å². The van der Waals surface area contributed by atoms with Crippen LogP contribution in [0.2, 0.25) is 5.02 Å². The van der Waals surface area contributed by atoms with Gasteiger partial charge < -0.3 is 5.32 Å². The second-order valence-electron chi connectivity index (χ2n) is 6.92. The first-order valence-corrected chi connectivity index (χ1v) is 9.94. The summed E-state index contributed by atoms with van der Waals surface area (Å²) >= 11 is 6.25. The van der Waals surface area contributed by atoms with E-state index < -0.39 is 5.91 Å². The van der Waals surface area contributed by atoms with Crippen molar-refractivity contribution < 1.29 is 9.59 Å². The number of hydrogen-bond acceptors (Lipinski definition) is 4. The molecule has 0 saturated carbocycles. The van der Waals surface area contributed by atoms with Crippen LogP contribution in [0.1, 0.15) is 16.7 Å². The molecule has 7 heteroatoms. The molecule has 0 radical (unpaired) electrons. The Bertz CT molecular complexity index is 1310. The molecule has 31 heavy (non-hydrogen) atoms. The zero-order valence-electron chi connectivity index (χ0n) is 16.1. The van der Waals surface area contributed by atoms with Gasteiger partial charge in [-0.2, -0.15) is 10.1 Å². The third kappa shape index (κ3) is 3.43. The van der Waals surface area contributed by atoms with Crippen molar-refractivity contribution in [2.24, 2.45) is 10.1 Å². The molecule has 2 aliphatic heterocycles. The van der Waals surface area contributed by atoms with E-state index in [4.69, 9.17) is 11.6 Å². The van der Waals surface area contributed by atoms with Crippen LogP contribution in [0.4, 0.5) is 5.69 Å². The summed E-state index contributed by atoms with van der Waals surface area (Å²) in [4.78, 5) is 30.3. The highest BCUT2D eigenvalue weighted by atomic mass is 35.5. The summed E-state index contributed by atoms with van der Waals surface area (Å²) < 4.78 is 0. The Morgan fingerprint density at radius 1 is 0.903 bits per heavy atom. The summed E-state index contributed by atoms with van der Waals surface area (Å²) in [5, 5.41) is 8.89. The molecule has 0 atom stereocenters. The molecule has 2 amide bonds. The standard InChI is InChI=1S/C24H15ClN4O2/c25-18-12-6-4-10-16(18)14-20-24(31)29(22(26-20)15-8-2-1-3-9-15)28-21-17-11-5-7-13-19(17)27-23(21)30/h1-14H,(H,27,28,30). The third-order valence-corrected chi connectivity index (χ3v) is 5.26. The van der Waals surface area contributed by atoms with Gasteiger partial charge in [-0.1, -0.05) is 78.3 Å². The van der Waals surface area contributed by atoms with Gasteiger partial charge in [0.15, 0.2) is 11.5 Å². The largest absolute Gasteiger partial charge is 0.320 e. The monoisotopic (exact) mass is 426 g/mol. The first-order chi connectivity index (χ1) is 15.1. The Labute approximate surface area is 183 Å². The van der Waals surface area contributed by atoms with Crippen LogP contribution in [0, 0.1) is 0 Å². The molecule has 150 valence electrons. The maximum atomic E-state index is 13.3. The fourth-order valence-corrected chi connectivity index (χ4v) is 3.61. The van der Waals surface area contributed by atoms with Crippen molar-refractivity contribution >= 4 is 46.7 Å². The van der Waals surface area contributed by atoms with E-state index in [0.717, 1.165) is 0 Å². The molecular formula is C24H15ClN4O2. The second-order valence-corrected chi connectivity index (χ2v) is 7.32. The van der Waals surface area contributed by atoms with Crippen LogP contribution in [0.5, 0.6) is 0 Å². The predicted octanol–water partition coefficient (Wildman–Crippen LogP) is 4.33. The molecule has 0 fully saturated rings. The molecule has 0 unspecified atom stereocenters. The summed E-state index contributed by atoms with van der Waals surface area (Å²) in [5.74, 6) is -0.470. The summed E-state index contributed by atoms with van der Waals surface area (Å²) in [6, 6.07) is 23.6. The van der Waals surface area contributed by atoms with Gasteiger partial charge in [-0.3, -0.25) is 9.59 Å². The number of para-hydroxylation sites is 1. The van der Waals surface area contributed by atoms with Gasteiger partial charge in [0, 0.05) is 16.1 Å². The van der Waals surface area contributed by atoms with Gasteiger partial charge in [0.1, 0.15) is 5.70 Å². The normalized spacial score (nSPS) is 17.8. The number of carbonyl (C=O) groups excluding carboxylic acids is 2. The minimum absolute atomic E-state index is 0.159. The first kappa shape index (κ1) is 19.0. The van der Waals surface area contributed by atoms with Crippen LogP contribution >= 0.6 is 11.6 Å². The molecule has 5 rings (SSSR count). The molecule has 2 aliphatic rings. The molecule has 1 N–H and O–H groups in total. The number of halogens is 1. The number of rotatable bonds is 3. The van der Waals surface area contributed by atoms with Gasteiger partial charge >= 0.3 is 0 Å². The van der Waals surface area contributed by atoms with E-state index in [-0.39, 0.29) is 17.3 Å². The molecule has 6 nitrogen and oxygen atoms in total. The Balaban J connectivity index is 1.63. The number of hydrogen-bond donors (Lipinski definition) is 1. The second kappa shape index (κ2) is 7.66. The average Bonchev–Trinajstić information content (AvgIpc) is 3.27. The van der Waals surface area contributed by atoms with E-state index in [0.29, 0.717) is 33.2 Å². The van der Waals surface area contributed by atoms with Crippen molar-refractivity contribution in [3.05, 3.63) is 106 Å². The highest BCUT2D eigenvalue weighted by molar-refractivity contribution is 6.54. The van der Waals surface area contributed by atoms with Gasteiger partial charge in [-0.05, 0) is 23.8 Å². The van der Waals surface area contributed by atoms with E-state index >= 15 is 0 Å². The van der Waals surface area contributed by atoms with Gasteiger partial charge in [0.2, 0.25) is 0 Å².